The van der Waals surface area contributed by atoms with E-state index in [1.807, 2.05) is 6.92 Å². The Kier molecular flexibility index (Phi) is 3.53. The molecule has 0 radical (unpaired) electrons. The molecule has 1 aliphatic rings. The normalized spacial score (nSPS) is 23.6. The Labute approximate surface area is 94.6 Å². The maximum absolute atomic E-state index is 5.49. The first-order valence-electron chi connectivity index (χ1n) is 5.48. The van der Waals surface area contributed by atoms with E-state index >= 15 is 0 Å². The molecule has 1 fully saturated rings. The highest BCUT2D eigenvalue weighted by molar-refractivity contribution is 5.46. The highest BCUT2D eigenvalue weighted by Crippen LogP contribution is 2.26. The quantitative estimate of drug-likeness (QED) is 0.504. The summed E-state index contributed by atoms with van der Waals surface area (Å²) in [5.74, 6) is 6.67. The molecule has 0 aromatic carbocycles. The van der Waals surface area contributed by atoms with Crippen molar-refractivity contribution < 1.29 is 4.74 Å². The van der Waals surface area contributed by atoms with E-state index in [1.165, 1.54) is 6.33 Å². The van der Waals surface area contributed by atoms with Gasteiger partial charge in [-0.3, -0.25) is 0 Å². The number of hydrazine groups is 1. The molecule has 1 aromatic rings. The monoisotopic (exact) mass is 223 g/mol. The molecule has 88 valence electrons. The van der Waals surface area contributed by atoms with Crippen LogP contribution in [0.2, 0.25) is 0 Å². The molecule has 1 heterocycles. The Morgan fingerprint density at radius 2 is 2.19 bits per heavy atom. The lowest BCUT2D eigenvalue weighted by molar-refractivity contribution is 0.00292. The van der Waals surface area contributed by atoms with Gasteiger partial charge >= 0.3 is 0 Å². The molecule has 0 aliphatic heterocycles. The van der Waals surface area contributed by atoms with Gasteiger partial charge in [-0.25, -0.2) is 15.8 Å². The number of ether oxygens (including phenoxy) is 1. The molecule has 0 saturated heterocycles. The molecular formula is C10H17N5O. The molecular weight excluding hydrogens is 206 g/mol. The van der Waals surface area contributed by atoms with Crippen molar-refractivity contribution in [3.8, 4) is 0 Å². The Balaban J connectivity index is 1.82. The molecule has 0 bridgehead atoms. The average Bonchev–Trinajstić information content (AvgIpc) is 2.27. The molecule has 4 N–H and O–H groups in total. The molecule has 0 atom stereocenters. The summed E-state index contributed by atoms with van der Waals surface area (Å²) >= 11 is 0. The lowest BCUT2D eigenvalue weighted by Gasteiger charge is -2.35. The first kappa shape index (κ1) is 11.1. The standard InChI is InChI=1S/C10H17N5O/c1-2-16-8-3-7(4-8)14-9-5-10(15-11)13-6-12-9/h5-8H,2-4,11H2,1H3,(H2,12,13,14,15). The highest BCUT2D eigenvalue weighted by atomic mass is 16.5. The van der Waals surface area contributed by atoms with Crippen molar-refractivity contribution in [1.82, 2.24) is 9.97 Å². The second-order valence-electron chi connectivity index (χ2n) is 3.82. The van der Waals surface area contributed by atoms with Crippen molar-refractivity contribution in [3.05, 3.63) is 12.4 Å². The minimum atomic E-state index is 0.399. The molecule has 0 amide bonds. The average molecular weight is 223 g/mol. The Morgan fingerprint density at radius 1 is 1.44 bits per heavy atom. The lowest BCUT2D eigenvalue weighted by atomic mass is 9.89. The van der Waals surface area contributed by atoms with Crippen LogP contribution in [0.4, 0.5) is 11.6 Å². The van der Waals surface area contributed by atoms with Crippen molar-refractivity contribution in [3.63, 3.8) is 0 Å². The van der Waals surface area contributed by atoms with Crippen LogP contribution in [0.3, 0.4) is 0 Å². The molecule has 0 unspecified atom stereocenters. The Bertz CT molecular complexity index is 340. The van der Waals surface area contributed by atoms with E-state index in [9.17, 15) is 0 Å². The minimum Gasteiger partial charge on any atom is -0.378 e. The van der Waals surface area contributed by atoms with Crippen LogP contribution in [0, 0.1) is 0 Å². The van der Waals surface area contributed by atoms with Crippen LogP contribution < -0.4 is 16.6 Å². The van der Waals surface area contributed by atoms with Gasteiger partial charge in [-0.1, -0.05) is 0 Å². The number of hydrogen-bond donors (Lipinski definition) is 3. The summed E-state index contributed by atoms with van der Waals surface area (Å²) in [6.07, 6.45) is 3.94. The van der Waals surface area contributed by atoms with E-state index in [-0.39, 0.29) is 0 Å². The molecule has 0 spiro atoms. The molecule has 6 heteroatoms. The van der Waals surface area contributed by atoms with E-state index in [2.05, 4.69) is 20.7 Å². The predicted octanol–water partition coefficient (Wildman–Crippen LogP) is 0.742. The van der Waals surface area contributed by atoms with Gasteiger partial charge in [0.2, 0.25) is 0 Å². The first-order chi connectivity index (χ1) is 7.81. The van der Waals surface area contributed by atoms with Gasteiger partial charge < -0.3 is 15.5 Å². The van der Waals surface area contributed by atoms with Crippen LogP contribution in [0.25, 0.3) is 0 Å². The van der Waals surface area contributed by atoms with E-state index in [0.717, 1.165) is 25.3 Å². The second-order valence-corrected chi connectivity index (χ2v) is 3.82. The molecule has 6 nitrogen and oxygen atoms in total. The van der Waals surface area contributed by atoms with Crippen molar-refractivity contribution in [1.29, 1.82) is 0 Å². The van der Waals surface area contributed by atoms with Gasteiger partial charge in [0.25, 0.3) is 0 Å². The summed E-state index contributed by atoms with van der Waals surface area (Å²) in [5.41, 5.74) is 2.49. The van der Waals surface area contributed by atoms with E-state index in [0.29, 0.717) is 18.0 Å². The van der Waals surface area contributed by atoms with Crippen LogP contribution in [0.5, 0.6) is 0 Å². The summed E-state index contributed by atoms with van der Waals surface area (Å²) in [6, 6.07) is 2.23. The number of nitrogens with zero attached hydrogens (tertiary/aromatic N) is 2. The minimum absolute atomic E-state index is 0.399. The van der Waals surface area contributed by atoms with Crippen molar-refractivity contribution >= 4 is 11.6 Å². The maximum Gasteiger partial charge on any atom is 0.145 e. The zero-order valence-corrected chi connectivity index (χ0v) is 9.31. The molecule has 16 heavy (non-hydrogen) atoms. The van der Waals surface area contributed by atoms with Gasteiger partial charge in [0.05, 0.1) is 6.10 Å². The van der Waals surface area contributed by atoms with Gasteiger partial charge in [-0.15, -0.1) is 0 Å². The number of hydrogen-bond acceptors (Lipinski definition) is 6. The van der Waals surface area contributed by atoms with Gasteiger partial charge in [-0.2, -0.15) is 0 Å². The predicted molar refractivity (Wildman–Crippen MR) is 61.9 cm³/mol. The third-order valence-corrected chi connectivity index (χ3v) is 2.66. The third-order valence-electron chi connectivity index (χ3n) is 2.66. The Hall–Kier alpha value is -1.40. The highest BCUT2D eigenvalue weighted by Gasteiger charge is 2.29. The van der Waals surface area contributed by atoms with E-state index in [1.54, 1.807) is 6.07 Å². The van der Waals surface area contributed by atoms with Gasteiger partial charge in [0.15, 0.2) is 0 Å². The second kappa shape index (κ2) is 5.09. The zero-order chi connectivity index (χ0) is 11.4. The number of anilines is 2. The number of nitrogens with two attached hydrogens (primary N) is 1. The molecule has 1 aliphatic carbocycles. The summed E-state index contributed by atoms with van der Waals surface area (Å²) in [4.78, 5) is 8.06. The van der Waals surface area contributed by atoms with E-state index in [4.69, 9.17) is 10.6 Å². The summed E-state index contributed by atoms with van der Waals surface area (Å²) in [5, 5.41) is 3.31. The molecule has 1 saturated carbocycles. The SMILES string of the molecule is CCOC1CC(Nc2cc(NN)ncn2)C1. The van der Waals surface area contributed by atoms with Crippen LogP contribution in [-0.2, 0) is 4.74 Å². The maximum atomic E-state index is 5.49. The number of nitrogens with one attached hydrogen (secondary N) is 2. The Morgan fingerprint density at radius 3 is 2.88 bits per heavy atom. The topological polar surface area (TPSA) is 85.1 Å². The van der Waals surface area contributed by atoms with Crippen molar-refractivity contribution in [2.24, 2.45) is 5.84 Å². The fourth-order valence-corrected chi connectivity index (χ4v) is 1.78. The van der Waals surface area contributed by atoms with Crippen LogP contribution in [-0.4, -0.2) is 28.7 Å². The van der Waals surface area contributed by atoms with Crippen LogP contribution >= 0.6 is 0 Å². The summed E-state index contributed by atoms with van der Waals surface area (Å²) in [6.45, 7) is 2.80. The number of rotatable bonds is 5. The first-order valence-corrected chi connectivity index (χ1v) is 5.48. The van der Waals surface area contributed by atoms with Crippen molar-refractivity contribution in [2.45, 2.75) is 31.9 Å². The smallest absolute Gasteiger partial charge is 0.145 e. The van der Waals surface area contributed by atoms with Crippen LogP contribution in [0.15, 0.2) is 12.4 Å². The largest absolute Gasteiger partial charge is 0.378 e. The molecule has 1 aromatic heterocycles. The van der Waals surface area contributed by atoms with Crippen LogP contribution in [0.1, 0.15) is 19.8 Å². The van der Waals surface area contributed by atoms with Crippen molar-refractivity contribution in [2.75, 3.05) is 17.3 Å². The number of aromatic nitrogens is 2. The van der Waals surface area contributed by atoms with Gasteiger partial charge in [-0.05, 0) is 19.8 Å². The van der Waals surface area contributed by atoms with E-state index < -0.39 is 0 Å². The fraction of sp³-hybridized carbons (Fsp3) is 0.600. The third kappa shape index (κ3) is 2.59. The lowest BCUT2D eigenvalue weighted by Crippen LogP contribution is -2.41. The van der Waals surface area contributed by atoms with Gasteiger partial charge in [0, 0.05) is 18.7 Å². The zero-order valence-electron chi connectivity index (χ0n) is 9.31. The fourth-order valence-electron chi connectivity index (χ4n) is 1.78. The summed E-state index contributed by atoms with van der Waals surface area (Å²) < 4.78 is 5.49. The summed E-state index contributed by atoms with van der Waals surface area (Å²) in [7, 11) is 0. The molecule has 2 rings (SSSR count). The number of nitrogen functional groups attached to an aromatic ring is 1. The van der Waals surface area contributed by atoms with Gasteiger partial charge in [0.1, 0.15) is 18.0 Å².